The molecule has 3 rings (SSSR count). The van der Waals surface area contributed by atoms with E-state index in [4.69, 9.17) is 21.1 Å². The molecule has 162 valence electrons. The monoisotopic (exact) mass is 454 g/mol. The van der Waals surface area contributed by atoms with Crippen LogP contribution in [0, 0.1) is 0 Å². The van der Waals surface area contributed by atoms with Crippen LogP contribution in [0.2, 0.25) is 5.02 Å². The van der Waals surface area contributed by atoms with Crippen molar-refractivity contribution < 1.29 is 27.5 Å². The van der Waals surface area contributed by atoms with Crippen LogP contribution in [0.4, 0.5) is 0 Å². The molecule has 1 aliphatic heterocycles. The summed E-state index contributed by atoms with van der Waals surface area (Å²) in [6.45, 7) is 3.49. The van der Waals surface area contributed by atoms with E-state index < -0.39 is 22.6 Å². The third kappa shape index (κ3) is 4.75. The summed E-state index contributed by atoms with van der Waals surface area (Å²) < 4.78 is 39.8. The summed E-state index contributed by atoms with van der Waals surface area (Å²) in [6, 6.07) is 7.20. The highest BCUT2D eigenvalue weighted by Crippen LogP contribution is 2.28. The van der Waals surface area contributed by atoms with Crippen LogP contribution in [-0.2, 0) is 26.5 Å². The van der Waals surface area contributed by atoms with Crippen molar-refractivity contribution in [1.29, 1.82) is 0 Å². The van der Waals surface area contributed by atoms with Crippen LogP contribution in [0.5, 0.6) is 0 Å². The Kier molecular flexibility index (Phi) is 6.66. The second-order valence-corrected chi connectivity index (χ2v) is 9.54. The molecule has 10 heteroatoms. The van der Waals surface area contributed by atoms with Gasteiger partial charge < -0.3 is 14.0 Å². The van der Waals surface area contributed by atoms with Crippen LogP contribution in [0.15, 0.2) is 41.4 Å². The van der Waals surface area contributed by atoms with E-state index in [2.05, 4.69) is 0 Å². The molecule has 0 saturated carbocycles. The van der Waals surface area contributed by atoms with Gasteiger partial charge >= 0.3 is 5.97 Å². The van der Waals surface area contributed by atoms with Crippen molar-refractivity contribution in [2.24, 2.45) is 7.05 Å². The highest BCUT2D eigenvalue weighted by Gasteiger charge is 2.34. The summed E-state index contributed by atoms with van der Waals surface area (Å²) >= 11 is 6.14. The molecule has 2 atom stereocenters. The number of sulfonamides is 1. The van der Waals surface area contributed by atoms with Crippen LogP contribution in [0.1, 0.15) is 34.7 Å². The van der Waals surface area contributed by atoms with Gasteiger partial charge in [0.25, 0.3) is 0 Å². The first-order valence-electron chi connectivity index (χ1n) is 9.36. The van der Waals surface area contributed by atoms with Crippen LogP contribution >= 0.6 is 11.6 Å². The molecule has 0 bridgehead atoms. The first-order chi connectivity index (χ1) is 14.1. The zero-order valence-corrected chi connectivity index (χ0v) is 18.4. The number of nitrogens with zero attached hydrogens (tertiary/aromatic N) is 2. The highest BCUT2D eigenvalue weighted by atomic mass is 35.5. The molecule has 0 radical (unpaired) electrons. The summed E-state index contributed by atoms with van der Waals surface area (Å²) in [5.74, 6) is -1.18. The van der Waals surface area contributed by atoms with Crippen molar-refractivity contribution in [1.82, 2.24) is 8.87 Å². The van der Waals surface area contributed by atoms with Gasteiger partial charge in [-0.25, -0.2) is 13.2 Å². The Bertz CT molecular complexity index is 1050. The number of ketones is 1. The predicted molar refractivity (Wildman–Crippen MR) is 110 cm³/mol. The van der Waals surface area contributed by atoms with Crippen molar-refractivity contribution in [2.75, 3.05) is 19.7 Å². The van der Waals surface area contributed by atoms with Gasteiger partial charge in [0.15, 0.2) is 6.61 Å². The number of ether oxygens (including phenoxy) is 2. The fourth-order valence-corrected chi connectivity index (χ4v) is 5.42. The molecule has 0 aliphatic carbocycles. The van der Waals surface area contributed by atoms with E-state index in [1.54, 1.807) is 43.8 Å². The number of hydrogen-bond acceptors (Lipinski definition) is 6. The standard InChI is InChI=1S/C20H23ClN2O6S/c1-13-10-23(11-14(2)29-13)30(26,27)19-9-15(6-7-16(19)21)20(25)28-12-18(24)17-5-4-8-22(17)3/h4-9,13-14H,10-12H2,1-3H3. The number of hydrogen-bond donors (Lipinski definition) is 0. The normalized spacial score (nSPS) is 20.1. The van der Waals surface area contributed by atoms with Gasteiger partial charge in [0.05, 0.1) is 28.5 Å². The van der Waals surface area contributed by atoms with E-state index in [1.807, 2.05) is 0 Å². The smallest absolute Gasteiger partial charge is 0.338 e. The van der Waals surface area contributed by atoms with Gasteiger partial charge in [-0.05, 0) is 44.2 Å². The van der Waals surface area contributed by atoms with E-state index >= 15 is 0 Å². The molecule has 0 spiro atoms. The number of esters is 1. The largest absolute Gasteiger partial charge is 0.454 e. The average molecular weight is 455 g/mol. The van der Waals surface area contributed by atoms with Gasteiger partial charge in [0, 0.05) is 26.3 Å². The minimum atomic E-state index is -3.94. The maximum atomic E-state index is 13.1. The number of aryl methyl sites for hydroxylation is 1. The lowest BCUT2D eigenvalue weighted by molar-refractivity contribution is -0.0440. The average Bonchev–Trinajstić information content (AvgIpc) is 3.11. The molecule has 2 aromatic rings. The van der Waals surface area contributed by atoms with Gasteiger partial charge in [-0.2, -0.15) is 4.31 Å². The molecule has 30 heavy (non-hydrogen) atoms. The van der Waals surface area contributed by atoms with Crippen molar-refractivity contribution in [3.63, 3.8) is 0 Å². The van der Waals surface area contributed by atoms with E-state index in [0.29, 0.717) is 5.69 Å². The number of benzene rings is 1. The van der Waals surface area contributed by atoms with Crippen LogP contribution in [0.3, 0.4) is 0 Å². The molecular weight excluding hydrogens is 432 g/mol. The van der Waals surface area contributed by atoms with Crippen LogP contribution < -0.4 is 0 Å². The zero-order valence-electron chi connectivity index (χ0n) is 16.9. The number of carbonyl (C=O) groups excluding carboxylic acids is 2. The minimum absolute atomic E-state index is 0.00163. The van der Waals surface area contributed by atoms with Crippen LogP contribution in [-0.4, -0.2) is 60.9 Å². The molecular formula is C20H23ClN2O6S. The van der Waals surface area contributed by atoms with E-state index in [9.17, 15) is 18.0 Å². The van der Waals surface area contributed by atoms with Crippen LogP contribution in [0.25, 0.3) is 0 Å². The first-order valence-corrected chi connectivity index (χ1v) is 11.2. The lowest BCUT2D eigenvalue weighted by atomic mass is 10.2. The quantitative estimate of drug-likeness (QED) is 0.491. The summed E-state index contributed by atoms with van der Waals surface area (Å²) in [7, 11) is -2.24. The summed E-state index contributed by atoms with van der Waals surface area (Å²) in [5.41, 5.74) is 0.393. The molecule has 1 saturated heterocycles. The summed E-state index contributed by atoms with van der Waals surface area (Å²) in [5, 5.41) is -0.00163. The number of Topliss-reactive ketones (excluding diaryl/α,β-unsaturated/α-hetero) is 1. The summed E-state index contributed by atoms with van der Waals surface area (Å²) in [6.07, 6.45) is 1.18. The molecule has 2 heterocycles. The molecule has 1 aromatic carbocycles. The Balaban J connectivity index is 1.78. The lowest BCUT2D eigenvalue weighted by Gasteiger charge is -2.34. The Labute approximate surface area is 180 Å². The van der Waals surface area contributed by atoms with E-state index in [1.165, 1.54) is 22.5 Å². The molecule has 2 unspecified atom stereocenters. The fraction of sp³-hybridized carbons (Fsp3) is 0.400. The van der Waals surface area contributed by atoms with Gasteiger partial charge in [0.2, 0.25) is 15.8 Å². The summed E-state index contributed by atoms with van der Waals surface area (Å²) in [4.78, 5) is 24.4. The van der Waals surface area contributed by atoms with Gasteiger partial charge in [0.1, 0.15) is 4.90 Å². The highest BCUT2D eigenvalue weighted by molar-refractivity contribution is 7.89. The van der Waals surface area contributed by atoms with Gasteiger partial charge in [-0.15, -0.1) is 0 Å². The topological polar surface area (TPSA) is 94.9 Å². The van der Waals surface area contributed by atoms with Crippen molar-refractivity contribution in [3.05, 3.63) is 52.8 Å². The van der Waals surface area contributed by atoms with Crippen molar-refractivity contribution >= 4 is 33.4 Å². The van der Waals surface area contributed by atoms with Gasteiger partial charge in [-0.3, -0.25) is 4.79 Å². The van der Waals surface area contributed by atoms with Crippen molar-refractivity contribution in [3.8, 4) is 0 Å². The third-order valence-corrected chi connectivity index (χ3v) is 7.05. The van der Waals surface area contributed by atoms with E-state index in [-0.39, 0.29) is 46.6 Å². The molecule has 0 amide bonds. The van der Waals surface area contributed by atoms with E-state index in [0.717, 1.165) is 0 Å². The second kappa shape index (κ2) is 8.89. The Morgan fingerprint density at radius 2 is 1.87 bits per heavy atom. The third-order valence-electron chi connectivity index (χ3n) is 4.73. The predicted octanol–water partition coefficient (Wildman–Crippen LogP) is 2.52. The fourth-order valence-electron chi connectivity index (χ4n) is 3.33. The SMILES string of the molecule is CC1CN(S(=O)(=O)c2cc(C(=O)OCC(=O)c3cccn3C)ccc2Cl)CC(C)O1. The van der Waals surface area contributed by atoms with Crippen molar-refractivity contribution in [2.45, 2.75) is 31.0 Å². The Morgan fingerprint density at radius 3 is 2.47 bits per heavy atom. The number of aromatic nitrogens is 1. The maximum absolute atomic E-state index is 13.1. The first kappa shape index (κ1) is 22.5. The van der Waals surface area contributed by atoms with Gasteiger partial charge in [-0.1, -0.05) is 11.6 Å². The number of halogens is 1. The molecule has 0 N–H and O–H groups in total. The maximum Gasteiger partial charge on any atom is 0.338 e. The number of morpholine rings is 1. The number of carbonyl (C=O) groups is 2. The Morgan fingerprint density at radius 1 is 1.20 bits per heavy atom. The number of rotatable bonds is 6. The molecule has 8 nitrogen and oxygen atoms in total. The second-order valence-electron chi connectivity index (χ2n) is 7.23. The zero-order chi connectivity index (χ0) is 22.1. The minimum Gasteiger partial charge on any atom is -0.454 e. The molecule has 1 aliphatic rings. The molecule has 1 fully saturated rings. The lowest BCUT2D eigenvalue weighted by Crippen LogP contribution is -2.48. The molecule has 1 aromatic heterocycles. The Hall–Kier alpha value is -2.20.